The fraction of sp³-hybridized carbons (Fsp3) is 0.130. The second kappa shape index (κ2) is 8.86. The van der Waals surface area contributed by atoms with E-state index in [0.717, 1.165) is 11.1 Å². The van der Waals surface area contributed by atoms with Crippen LogP contribution in [0.15, 0.2) is 72.8 Å². The molecule has 3 aromatic carbocycles. The first-order valence-electron chi connectivity index (χ1n) is 8.97. The van der Waals surface area contributed by atoms with E-state index in [9.17, 15) is 9.59 Å². The third-order valence-electron chi connectivity index (χ3n) is 4.01. The van der Waals surface area contributed by atoms with Crippen LogP contribution in [0.2, 0.25) is 0 Å². The third kappa shape index (κ3) is 5.45. The summed E-state index contributed by atoms with van der Waals surface area (Å²) in [6.45, 7) is 3.87. The van der Waals surface area contributed by atoms with E-state index in [1.807, 2.05) is 38.1 Å². The van der Waals surface area contributed by atoms with E-state index in [1.54, 1.807) is 48.5 Å². The van der Waals surface area contributed by atoms with E-state index in [4.69, 9.17) is 4.74 Å². The predicted octanol–water partition coefficient (Wildman–Crippen LogP) is 4.57. The first kappa shape index (κ1) is 19.2. The molecule has 0 bridgehead atoms. The average Bonchev–Trinajstić information content (AvgIpc) is 2.67. The van der Waals surface area contributed by atoms with Crippen LogP contribution in [-0.2, 0) is 4.79 Å². The molecule has 0 fully saturated rings. The molecule has 28 heavy (non-hydrogen) atoms. The molecule has 0 saturated carbocycles. The van der Waals surface area contributed by atoms with Crippen molar-refractivity contribution in [2.24, 2.45) is 0 Å². The van der Waals surface area contributed by atoms with Crippen LogP contribution in [0.4, 0.5) is 11.4 Å². The fourth-order valence-electron chi connectivity index (χ4n) is 2.83. The number of hydrogen-bond acceptors (Lipinski definition) is 3. The minimum absolute atomic E-state index is 0.0938. The molecule has 0 aliphatic rings. The maximum atomic E-state index is 12.2. The molecule has 0 saturated heterocycles. The van der Waals surface area contributed by atoms with Gasteiger partial charge in [-0.05, 0) is 67.4 Å². The summed E-state index contributed by atoms with van der Waals surface area (Å²) in [5.41, 5.74) is 3.91. The van der Waals surface area contributed by atoms with Crippen molar-refractivity contribution in [2.75, 3.05) is 17.2 Å². The van der Waals surface area contributed by atoms with Gasteiger partial charge in [0.25, 0.3) is 11.8 Å². The molecule has 0 radical (unpaired) electrons. The second-order valence-electron chi connectivity index (χ2n) is 6.56. The quantitative estimate of drug-likeness (QED) is 0.664. The van der Waals surface area contributed by atoms with Gasteiger partial charge in [0.1, 0.15) is 5.75 Å². The average molecular weight is 374 g/mol. The van der Waals surface area contributed by atoms with E-state index in [2.05, 4.69) is 10.6 Å². The minimum Gasteiger partial charge on any atom is -0.484 e. The summed E-state index contributed by atoms with van der Waals surface area (Å²) in [5.74, 6) is 0.185. The van der Waals surface area contributed by atoms with Gasteiger partial charge in [-0.2, -0.15) is 0 Å². The molecule has 2 amide bonds. The molecule has 142 valence electrons. The number of anilines is 2. The largest absolute Gasteiger partial charge is 0.484 e. The first-order chi connectivity index (χ1) is 13.5. The van der Waals surface area contributed by atoms with Crippen LogP contribution in [-0.4, -0.2) is 18.4 Å². The van der Waals surface area contributed by atoms with Gasteiger partial charge in [-0.3, -0.25) is 9.59 Å². The number of aryl methyl sites for hydroxylation is 2. The SMILES string of the molecule is Cc1cc(C)cc(OCC(=O)Nc2cccc(NC(=O)c3ccccc3)c2)c1. The molecule has 5 heteroatoms. The summed E-state index contributed by atoms with van der Waals surface area (Å²) in [5, 5.41) is 5.60. The Balaban J connectivity index is 1.57. The summed E-state index contributed by atoms with van der Waals surface area (Å²) in [6, 6.07) is 21.8. The highest BCUT2D eigenvalue weighted by molar-refractivity contribution is 6.04. The lowest BCUT2D eigenvalue weighted by Crippen LogP contribution is -2.20. The Labute approximate surface area is 164 Å². The number of ether oxygens (including phenoxy) is 1. The second-order valence-corrected chi connectivity index (χ2v) is 6.56. The summed E-state index contributed by atoms with van der Waals surface area (Å²) in [7, 11) is 0. The smallest absolute Gasteiger partial charge is 0.262 e. The van der Waals surface area contributed by atoms with Gasteiger partial charge < -0.3 is 15.4 Å². The van der Waals surface area contributed by atoms with Crippen LogP contribution in [0.1, 0.15) is 21.5 Å². The lowest BCUT2D eigenvalue weighted by Gasteiger charge is -2.10. The standard InChI is InChI=1S/C23H22N2O3/c1-16-11-17(2)13-21(12-16)28-15-22(26)24-19-9-6-10-20(14-19)25-23(27)18-7-4-3-5-8-18/h3-14H,15H2,1-2H3,(H,24,26)(H,25,27). The highest BCUT2D eigenvalue weighted by atomic mass is 16.5. The molecular weight excluding hydrogens is 352 g/mol. The topological polar surface area (TPSA) is 67.4 Å². The Morgan fingerprint density at radius 1 is 0.786 bits per heavy atom. The van der Waals surface area contributed by atoms with E-state index >= 15 is 0 Å². The van der Waals surface area contributed by atoms with Crippen LogP contribution >= 0.6 is 0 Å². The van der Waals surface area contributed by atoms with Gasteiger partial charge in [0, 0.05) is 16.9 Å². The van der Waals surface area contributed by atoms with Crippen LogP contribution in [0.5, 0.6) is 5.75 Å². The van der Waals surface area contributed by atoms with E-state index < -0.39 is 0 Å². The van der Waals surface area contributed by atoms with E-state index in [-0.39, 0.29) is 18.4 Å². The fourth-order valence-corrected chi connectivity index (χ4v) is 2.83. The molecule has 5 nitrogen and oxygen atoms in total. The molecule has 0 unspecified atom stereocenters. The Morgan fingerprint density at radius 2 is 1.43 bits per heavy atom. The maximum absolute atomic E-state index is 12.2. The third-order valence-corrected chi connectivity index (χ3v) is 4.01. The number of carbonyl (C=O) groups is 2. The Kier molecular flexibility index (Phi) is 6.07. The van der Waals surface area contributed by atoms with Crippen molar-refractivity contribution in [3.63, 3.8) is 0 Å². The zero-order valence-corrected chi connectivity index (χ0v) is 15.9. The minimum atomic E-state index is -0.273. The van der Waals surface area contributed by atoms with E-state index in [0.29, 0.717) is 22.7 Å². The predicted molar refractivity (Wildman–Crippen MR) is 111 cm³/mol. The van der Waals surface area contributed by atoms with Crippen LogP contribution < -0.4 is 15.4 Å². The number of carbonyl (C=O) groups excluding carboxylic acids is 2. The monoisotopic (exact) mass is 374 g/mol. The summed E-state index contributed by atoms with van der Waals surface area (Å²) in [4.78, 5) is 24.4. The molecule has 3 rings (SSSR count). The van der Waals surface area contributed by atoms with Gasteiger partial charge in [-0.25, -0.2) is 0 Å². The lowest BCUT2D eigenvalue weighted by atomic mass is 10.1. The molecular formula is C23H22N2O3. The summed E-state index contributed by atoms with van der Waals surface area (Å²) in [6.07, 6.45) is 0. The number of nitrogens with one attached hydrogen (secondary N) is 2. The molecule has 0 aromatic heterocycles. The Hall–Kier alpha value is -3.60. The molecule has 2 N–H and O–H groups in total. The van der Waals surface area contributed by atoms with Crippen molar-refractivity contribution in [1.82, 2.24) is 0 Å². The zero-order chi connectivity index (χ0) is 19.9. The van der Waals surface area contributed by atoms with Crippen LogP contribution in [0, 0.1) is 13.8 Å². The molecule has 0 aliphatic heterocycles. The van der Waals surface area contributed by atoms with Crippen molar-refractivity contribution in [3.8, 4) is 5.75 Å². The molecule has 0 atom stereocenters. The summed E-state index contributed by atoms with van der Waals surface area (Å²) >= 11 is 0. The normalized spacial score (nSPS) is 10.2. The van der Waals surface area contributed by atoms with Gasteiger partial charge in [0.15, 0.2) is 6.61 Å². The van der Waals surface area contributed by atoms with Gasteiger partial charge in [-0.1, -0.05) is 30.3 Å². The van der Waals surface area contributed by atoms with Crippen LogP contribution in [0.25, 0.3) is 0 Å². The van der Waals surface area contributed by atoms with Gasteiger partial charge in [0.2, 0.25) is 0 Å². The highest BCUT2D eigenvalue weighted by Gasteiger charge is 2.08. The molecule has 0 spiro atoms. The number of amides is 2. The van der Waals surface area contributed by atoms with Gasteiger partial charge in [0.05, 0.1) is 0 Å². The van der Waals surface area contributed by atoms with Crippen molar-refractivity contribution in [3.05, 3.63) is 89.5 Å². The zero-order valence-electron chi connectivity index (χ0n) is 15.9. The van der Waals surface area contributed by atoms with Gasteiger partial charge in [-0.15, -0.1) is 0 Å². The van der Waals surface area contributed by atoms with Crippen molar-refractivity contribution in [1.29, 1.82) is 0 Å². The number of hydrogen-bond donors (Lipinski definition) is 2. The first-order valence-corrected chi connectivity index (χ1v) is 8.97. The Morgan fingerprint density at radius 3 is 2.11 bits per heavy atom. The molecule has 3 aromatic rings. The maximum Gasteiger partial charge on any atom is 0.262 e. The van der Waals surface area contributed by atoms with Crippen molar-refractivity contribution >= 4 is 23.2 Å². The molecule has 0 heterocycles. The Bertz CT molecular complexity index is 964. The highest BCUT2D eigenvalue weighted by Crippen LogP contribution is 2.18. The van der Waals surface area contributed by atoms with E-state index in [1.165, 1.54) is 0 Å². The lowest BCUT2D eigenvalue weighted by molar-refractivity contribution is -0.118. The number of benzene rings is 3. The number of rotatable bonds is 6. The van der Waals surface area contributed by atoms with Gasteiger partial charge >= 0.3 is 0 Å². The van der Waals surface area contributed by atoms with Crippen LogP contribution in [0.3, 0.4) is 0 Å². The van der Waals surface area contributed by atoms with Crippen molar-refractivity contribution < 1.29 is 14.3 Å². The summed E-state index contributed by atoms with van der Waals surface area (Å²) < 4.78 is 5.57. The molecule has 0 aliphatic carbocycles. The van der Waals surface area contributed by atoms with Crippen molar-refractivity contribution in [2.45, 2.75) is 13.8 Å².